The maximum atomic E-state index is 11.6. The summed E-state index contributed by atoms with van der Waals surface area (Å²) < 4.78 is 0. The molecule has 1 saturated carbocycles. The zero-order valence-corrected chi connectivity index (χ0v) is 16.8. The van der Waals surface area contributed by atoms with E-state index in [1.807, 2.05) is 25.1 Å². The Bertz CT molecular complexity index is 565. The molecule has 1 fully saturated rings. The molecule has 1 aliphatic carbocycles. The molecular formula is C16H24ClIN4O. The number of halogens is 2. The molecule has 2 rings (SSSR count). The largest absolute Gasteiger partial charge is 0.357 e. The van der Waals surface area contributed by atoms with E-state index in [1.165, 1.54) is 5.56 Å². The molecule has 7 heteroatoms. The van der Waals surface area contributed by atoms with Crippen LogP contribution in [0.15, 0.2) is 29.3 Å². The minimum atomic E-state index is -0.0145. The fraction of sp³-hybridized carbons (Fsp3) is 0.500. The molecule has 1 aromatic rings. The summed E-state index contributed by atoms with van der Waals surface area (Å²) in [5, 5.41) is 7.32. The lowest BCUT2D eigenvalue weighted by molar-refractivity contribution is -0.127. The van der Waals surface area contributed by atoms with Crippen molar-refractivity contribution in [2.75, 3.05) is 27.2 Å². The molecule has 0 radical (unpaired) electrons. The molecule has 0 bridgehead atoms. The molecule has 0 heterocycles. The van der Waals surface area contributed by atoms with Gasteiger partial charge in [0.15, 0.2) is 5.96 Å². The van der Waals surface area contributed by atoms with E-state index in [2.05, 4.69) is 21.7 Å². The molecule has 0 aliphatic heterocycles. The molecule has 128 valence electrons. The first-order valence-electron chi connectivity index (χ1n) is 7.51. The molecule has 1 amide bonds. The highest BCUT2D eigenvalue weighted by Crippen LogP contribution is 2.41. The minimum absolute atomic E-state index is 0. The number of benzene rings is 1. The van der Waals surface area contributed by atoms with Gasteiger partial charge in [-0.3, -0.25) is 4.79 Å². The summed E-state index contributed by atoms with van der Waals surface area (Å²) in [6.45, 7) is 2.92. The van der Waals surface area contributed by atoms with Crippen molar-refractivity contribution in [3.05, 3.63) is 34.9 Å². The molecule has 2 unspecified atom stereocenters. The lowest BCUT2D eigenvalue weighted by Crippen LogP contribution is -2.40. The van der Waals surface area contributed by atoms with Crippen molar-refractivity contribution >= 4 is 47.4 Å². The number of carbonyl (C=O) groups is 1. The van der Waals surface area contributed by atoms with Crippen molar-refractivity contribution in [2.24, 2.45) is 4.99 Å². The average molecular weight is 451 g/mol. The van der Waals surface area contributed by atoms with Gasteiger partial charge >= 0.3 is 0 Å². The highest BCUT2D eigenvalue weighted by molar-refractivity contribution is 14.0. The van der Waals surface area contributed by atoms with Gasteiger partial charge in [-0.15, -0.1) is 24.0 Å². The lowest BCUT2D eigenvalue weighted by atomic mass is 10.1. The average Bonchev–Trinajstić information content (AvgIpc) is 3.23. The van der Waals surface area contributed by atoms with Gasteiger partial charge in [0, 0.05) is 37.6 Å². The van der Waals surface area contributed by atoms with Gasteiger partial charge in [0.05, 0.1) is 0 Å². The summed E-state index contributed by atoms with van der Waals surface area (Å²) >= 11 is 6.04. The van der Waals surface area contributed by atoms with Crippen molar-refractivity contribution in [1.82, 2.24) is 15.5 Å². The molecule has 0 spiro atoms. The van der Waals surface area contributed by atoms with Gasteiger partial charge in [0.25, 0.3) is 0 Å². The van der Waals surface area contributed by atoms with Crippen LogP contribution in [-0.2, 0) is 4.79 Å². The molecule has 0 aromatic heterocycles. The molecule has 5 nitrogen and oxygen atoms in total. The van der Waals surface area contributed by atoms with E-state index in [0.717, 1.165) is 18.0 Å². The molecule has 0 saturated heterocycles. The van der Waals surface area contributed by atoms with Crippen molar-refractivity contribution in [2.45, 2.75) is 25.3 Å². The molecule has 2 N–H and O–H groups in total. The summed E-state index contributed by atoms with van der Waals surface area (Å²) in [7, 11) is 3.46. The van der Waals surface area contributed by atoms with Gasteiger partial charge in [-0.1, -0.05) is 23.7 Å². The molecule has 2 atom stereocenters. The third kappa shape index (κ3) is 6.18. The molecule has 1 aliphatic rings. The van der Waals surface area contributed by atoms with Gasteiger partial charge in [-0.2, -0.15) is 0 Å². The second-order valence-electron chi connectivity index (χ2n) is 5.63. The molecular weight excluding hydrogens is 427 g/mol. The second kappa shape index (κ2) is 9.32. The number of carbonyl (C=O) groups excluding carboxylic acids is 1. The summed E-state index contributed by atoms with van der Waals surface area (Å²) in [6, 6.07) is 8.30. The predicted octanol–water partition coefficient (Wildman–Crippen LogP) is 2.46. The Morgan fingerprint density at radius 2 is 2.17 bits per heavy atom. The first-order valence-corrected chi connectivity index (χ1v) is 7.89. The number of amides is 1. The van der Waals surface area contributed by atoms with Crippen molar-refractivity contribution in [3.63, 3.8) is 0 Å². The topological polar surface area (TPSA) is 56.7 Å². The summed E-state index contributed by atoms with van der Waals surface area (Å²) in [4.78, 5) is 17.5. The van der Waals surface area contributed by atoms with Crippen LogP contribution < -0.4 is 10.6 Å². The Morgan fingerprint density at radius 1 is 1.43 bits per heavy atom. The predicted molar refractivity (Wildman–Crippen MR) is 106 cm³/mol. The summed E-state index contributed by atoms with van der Waals surface area (Å²) in [6.07, 6.45) is 1.05. The van der Waals surface area contributed by atoms with E-state index in [9.17, 15) is 4.79 Å². The van der Waals surface area contributed by atoms with Crippen LogP contribution >= 0.6 is 35.6 Å². The van der Waals surface area contributed by atoms with E-state index in [1.54, 1.807) is 19.0 Å². The number of aliphatic imine (C=N–C) groups is 1. The maximum absolute atomic E-state index is 11.6. The number of hydrogen-bond acceptors (Lipinski definition) is 2. The third-order valence-corrected chi connectivity index (χ3v) is 3.84. The normalized spacial score (nSPS) is 19.6. The van der Waals surface area contributed by atoms with Crippen LogP contribution in [0.5, 0.6) is 0 Å². The number of rotatable bonds is 5. The number of likely N-dealkylation sites (N-methyl/N-ethyl adjacent to an activating group) is 1. The van der Waals surface area contributed by atoms with E-state index in [-0.39, 0.29) is 36.4 Å². The highest BCUT2D eigenvalue weighted by Gasteiger charge is 2.39. The molecule has 1 aromatic carbocycles. The number of nitrogens with zero attached hydrogens (tertiary/aromatic N) is 2. The van der Waals surface area contributed by atoms with E-state index in [0.29, 0.717) is 17.9 Å². The van der Waals surface area contributed by atoms with Crippen molar-refractivity contribution in [3.8, 4) is 0 Å². The van der Waals surface area contributed by atoms with Gasteiger partial charge < -0.3 is 15.5 Å². The van der Waals surface area contributed by atoms with E-state index >= 15 is 0 Å². The number of guanidine groups is 1. The Balaban J connectivity index is 0.00000264. The number of hydrogen-bond donors (Lipinski definition) is 2. The fourth-order valence-corrected chi connectivity index (χ4v) is 2.44. The SMILES string of the molecule is CCNC(=NCC(=O)N(C)C)NC1CC1c1cccc(Cl)c1.I. The van der Waals surface area contributed by atoms with Crippen LogP contribution in [0.1, 0.15) is 24.8 Å². The van der Waals surface area contributed by atoms with Gasteiger partial charge in [-0.25, -0.2) is 4.99 Å². The smallest absolute Gasteiger partial charge is 0.243 e. The summed E-state index contributed by atoms with van der Waals surface area (Å²) in [5.41, 5.74) is 1.24. The van der Waals surface area contributed by atoms with Crippen LogP contribution in [-0.4, -0.2) is 50.0 Å². The number of nitrogens with one attached hydrogen (secondary N) is 2. The Morgan fingerprint density at radius 3 is 2.78 bits per heavy atom. The Hall–Kier alpha value is -1.02. The van der Waals surface area contributed by atoms with Gasteiger partial charge in [0.1, 0.15) is 6.54 Å². The fourth-order valence-electron chi connectivity index (χ4n) is 2.24. The van der Waals surface area contributed by atoms with E-state index < -0.39 is 0 Å². The minimum Gasteiger partial charge on any atom is -0.357 e. The van der Waals surface area contributed by atoms with Crippen molar-refractivity contribution in [1.29, 1.82) is 0 Å². The zero-order chi connectivity index (χ0) is 16.1. The van der Waals surface area contributed by atoms with Gasteiger partial charge in [0.2, 0.25) is 5.91 Å². The van der Waals surface area contributed by atoms with Gasteiger partial charge in [-0.05, 0) is 31.0 Å². The van der Waals surface area contributed by atoms with Crippen molar-refractivity contribution < 1.29 is 4.79 Å². The molecule has 23 heavy (non-hydrogen) atoms. The standard InChI is InChI=1S/C16H23ClN4O.HI/c1-4-18-16(19-10-15(22)21(2)3)20-14-9-13(14)11-6-5-7-12(17)8-11;/h5-8,13-14H,4,9-10H2,1-3H3,(H2,18,19,20);1H. The van der Waals surface area contributed by atoms with Crippen LogP contribution in [0.2, 0.25) is 5.02 Å². The lowest BCUT2D eigenvalue weighted by Gasteiger charge is -2.12. The Labute approximate surface area is 159 Å². The third-order valence-electron chi connectivity index (χ3n) is 3.60. The van der Waals surface area contributed by atoms with Crippen LogP contribution in [0.3, 0.4) is 0 Å². The van der Waals surface area contributed by atoms with E-state index in [4.69, 9.17) is 11.6 Å². The first kappa shape index (κ1) is 20.0. The maximum Gasteiger partial charge on any atom is 0.243 e. The zero-order valence-electron chi connectivity index (χ0n) is 13.7. The first-order chi connectivity index (χ1) is 10.5. The quantitative estimate of drug-likeness (QED) is 0.412. The van der Waals surface area contributed by atoms with Crippen LogP contribution in [0.4, 0.5) is 0 Å². The van der Waals surface area contributed by atoms with Crippen LogP contribution in [0.25, 0.3) is 0 Å². The Kier molecular flexibility index (Phi) is 8.11. The highest BCUT2D eigenvalue weighted by atomic mass is 127. The van der Waals surface area contributed by atoms with Crippen LogP contribution in [0, 0.1) is 0 Å². The second-order valence-corrected chi connectivity index (χ2v) is 6.07. The monoisotopic (exact) mass is 450 g/mol. The summed E-state index contributed by atoms with van der Waals surface area (Å²) in [5.74, 6) is 1.12.